The topological polar surface area (TPSA) is 54.0 Å². The van der Waals surface area contributed by atoms with Crippen LogP contribution >= 0.6 is 24.8 Å². The van der Waals surface area contributed by atoms with Crippen LogP contribution in [0.3, 0.4) is 0 Å². The first-order chi connectivity index (χ1) is 10.2. The lowest BCUT2D eigenvalue weighted by atomic mass is 9.97. The third-order valence-corrected chi connectivity index (χ3v) is 4.46. The molecule has 0 bridgehead atoms. The Hall–Kier alpha value is -0.880. The monoisotopic (exact) mass is 364 g/mol. The van der Waals surface area contributed by atoms with Gasteiger partial charge in [-0.2, -0.15) is 0 Å². The number of hydrogen-bond donors (Lipinski definition) is 2. The van der Waals surface area contributed by atoms with Crippen LogP contribution < -0.4 is 14.8 Å². The summed E-state index contributed by atoms with van der Waals surface area (Å²) < 4.78 is 10.8. The average molecular weight is 365 g/mol. The fraction of sp³-hybridized carbons (Fsp3) is 0.625. The first-order valence-corrected chi connectivity index (χ1v) is 7.64. The lowest BCUT2D eigenvalue weighted by Crippen LogP contribution is -2.45. The Labute approximate surface area is 150 Å². The van der Waals surface area contributed by atoms with Crippen LogP contribution in [0.25, 0.3) is 0 Å². The van der Waals surface area contributed by atoms with Gasteiger partial charge in [-0.25, -0.2) is 0 Å². The van der Waals surface area contributed by atoms with Crippen LogP contribution in [0.5, 0.6) is 17.2 Å². The predicted molar refractivity (Wildman–Crippen MR) is 95.6 cm³/mol. The van der Waals surface area contributed by atoms with Crippen molar-refractivity contribution in [2.45, 2.75) is 18.9 Å². The smallest absolute Gasteiger partial charge is 0.131 e. The summed E-state index contributed by atoms with van der Waals surface area (Å²) in [5, 5.41) is 13.9. The molecule has 132 valence electrons. The summed E-state index contributed by atoms with van der Waals surface area (Å²) in [5.41, 5.74) is 0.919. The highest BCUT2D eigenvalue weighted by Crippen LogP contribution is 2.50. The zero-order valence-electron chi connectivity index (χ0n) is 13.6. The fourth-order valence-corrected chi connectivity index (χ4v) is 3.26. The van der Waals surface area contributed by atoms with Crippen molar-refractivity contribution in [3.05, 3.63) is 17.7 Å². The van der Waals surface area contributed by atoms with Crippen molar-refractivity contribution in [1.29, 1.82) is 0 Å². The van der Waals surface area contributed by atoms with Crippen molar-refractivity contribution in [1.82, 2.24) is 10.2 Å². The van der Waals surface area contributed by atoms with E-state index >= 15 is 0 Å². The van der Waals surface area contributed by atoms with Crippen LogP contribution in [-0.4, -0.2) is 50.4 Å². The zero-order chi connectivity index (χ0) is 14.8. The summed E-state index contributed by atoms with van der Waals surface area (Å²) in [6.07, 6.45) is 2.45. The minimum Gasteiger partial charge on any atom is -0.507 e. The first kappa shape index (κ1) is 20.2. The molecule has 0 radical (unpaired) electrons. The van der Waals surface area contributed by atoms with Crippen molar-refractivity contribution in [3.8, 4) is 17.2 Å². The van der Waals surface area contributed by atoms with Gasteiger partial charge in [-0.3, -0.25) is 4.90 Å². The molecule has 0 amide bonds. The van der Waals surface area contributed by atoms with E-state index in [1.165, 1.54) is 12.8 Å². The number of ether oxygens (including phenoxy) is 2. The minimum atomic E-state index is 0. The van der Waals surface area contributed by atoms with E-state index < -0.39 is 0 Å². The lowest BCUT2D eigenvalue weighted by molar-refractivity contribution is 0.150. The van der Waals surface area contributed by atoms with Crippen LogP contribution in [0.2, 0.25) is 0 Å². The molecule has 0 aromatic heterocycles. The number of phenolic OH excluding ortho intramolecular Hbond substituents is 1. The molecule has 1 saturated carbocycles. The molecule has 0 spiro atoms. The Morgan fingerprint density at radius 3 is 2.30 bits per heavy atom. The second-order valence-corrected chi connectivity index (χ2v) is 5.83. The van der Waals surface area contributed by atoms with Gasteiger partial charge in [0.1, 0.15) is 17.2 Å². The maximum Gasteiger partial charge on any atom is 0.131 e. The number of benzene rings is 1. The Morgan fingerprint density at radius 2 is 1.78 bits per heavy atom. The molecule has 1 aromatic rings. The summed E-state index contributed by atoms with van der Waals surface area (Å²) in [7, 11) is 3.25. The van der Waals surface area contributed by atoms with Crippen LogP contribution in [0, 0.1) is 5.92 Å². The van der Waals surface area contributed by atoms with Gasteiger partial charge >= 0.3 is 0 Å². The van der Waals surface area contributed by atoms with E-state index in [0.29, 0.717) is 11.7 Å². The van der Waals surface area contributed by atoms with Crippen LogP contribution in [0.15, 0.2) is 12.1 Å². The summed E-state index contributed by atoms with van der Waals surface area (Å²) >= 11 is 0. The fourth-order valence-electron chi connectivity index (χ4n) is 3.26. The number of aromatic hydroxyl groups is 1. The van der Waals surface area contributed by atoms with E-state index in [4.69, 9.17) is 9.47 Å². The van der Waals surface area contributed by atoms with Gasteiger partial charge in [-0.15, -0.1) is 24.8 Å². The molecule has 2 fully saturated rings. The summed E-state index contributed by atoms with van der Waals surface area (Å²) in [6, 6.07) is 3.80. The molecular formula is C16H26Cl2N2O3. The number of nitrogens with zero attached hydrogens (tertiary/aromatic N) is 1. The molecule has 3 rings (SSSR count). The highest BCUT2D eigenvalue weighted by Gasteiger charge is 2.39. The number of rotatable bonds is 5. The molecule has 1 heterocycles. The number of halogens is 2. The van der Waals surface area contributed by atoms with Crippen molar-refractivity contribution in [2.75, 3.05) is 40.4 Å². The van der Waals surface area contributed by atoms with Crippen LogP contribution in [0.4, 0.5) is 0 Å². The number of nitrogens with one attached hydrogen (secondary N) is 1. The van der Waals surface area contributed by atoms with Crippen LogP contribution in [0.1, 0.15) is 24.4 Å². The Bertz CT molecular complexity index is 506. The van der Waals surface area contributed by atoms with E-state index in [9.17, 15) is 5.11 Å². The average Bonchev–Trinajstić information content (AvgIpc) is 3.34. The largest absolute Gasteiger partial charge is 0.507 e. The van der Waals surface area contributed by atoms with Gasteiger partial charge < -0.3 is 19.9 Å². The van der Waals surface area contributed by atoms with Gasteiger partial charge in [-0.1, -0.05) is 0 Å². The molecule has 1 saturated heterocycles. The number of phenols is 1. The van der Waals surface area contributed by atoms with E-state index in [2.05, 4.69) is 10.2 Å². The summed E-state index contributed by atoms with van der Waals surface area (Å²) in [5.74, 6) is 2.25. The first-order valence-electron chi connectivity index (χ1n) is 7.64. The van der Waals surface area contributed by atoms with E-state index in [1.54, 1.807) is 20.3 Å². The Balaban J connectivity index is 0.00000132. The molecule has 0 unspecified atom stereocenters. The molecular weight excluding hydrogens is 339 g/mol. The van der Waals surface area contributed by atoms with Crippen molar-refractivity contribution in [2.24, 2.45) is 5.92 Å². The maximum absolute atomic E-state index is 10.5. The third kappa shape index (κ3) is 4.35. The predicted octanol–water partition coefficient (Wildman–Crippen LogP) is 2.61. The van der Waals surface area contributed by atoms with Gasteiger partial charge in [0.05, 0.1) is 19.8 Å². The highest BCUT2D eigenvalue weighted by molar-refractivity contribution is 5.85. The standard InChI is InChI=1S/C16H24N2O3.2ClH/c1-20-12-9-13(19)15(14(10-12)21-2)16(11-3-4-11)18-7-5-17-6-8-18;;/h9-11,16-17,19H,3-8H2,1-2H3;2*1H/t16-;;/m1../s1. The maximum atomic E-state index is 10.5. The molecule has 7 heteroatoms. The summed E-state index contributed by atoms with van der Waals surface area (Å²) in [6.45, 7) is 4.02. The molecule has 1 aromatic carbocycles. The zero-order valence-corrected chi connectivity index (χ0v) is 15.2. The van der Waals surface area contributed by atoms with Crippen molar-refractivity contribution in [3.63, 3.8) is 0 Å². The minimum absolute atomic E-state index is 0. The summed E-state index contributed by atoms with van der Waals surface area (Å²) in [4.78, 5) is 2.47. The number of methoxy groups -OCH3 is 2. The molecule has 1 atom stereocenters. The quantitative estimate of drug-likeness (QED) is 0.840. The third-order valence-electron chi connectivity index (χ3n) is 4.46. The van der Waals surface area contributed by atoms with Gasteiger partial charge in [0.2, 0.25) is 0 Å². The normalized spacial score (nSPS) is 19.2. The molecule has 1 aliphatic heterocycles. The van der Waals surface area contributed by atoms with Gasteiger partial charge in [0.25, 0.3) is 0 Å². The molecule has 2 aliphatic rings. The molecule has 1 aliphatic carbocycles. The van der Waals surface area contributed by atoms with E-state index in [1.807, 2.05) is 6.07 Å². The molecule has 23 heavy (non-hydrogen) atoms. The molecule has 5 nitrogen and oxygen atoms in total. The van der Waals surface area contributed by atoms with E-state index in [0.717, 1.165) is 37.5 Å². The highest BCUT2D eigenvalue weighted by atomic mass is 35.5. The lowest BCUT2D eigenvalue weighted by Gasteiger charge is -2.36. The van der Waals surface area contributed by atoms with Crippen LogP contribution in [-0.2, 0) is 0 Å². The Kier molecular flexibility index (Phi) is 7.74. The van der Waals surface area contributed by atoms with Gasteiger partial charge in [0, 0.05) is 44.4 Å². The Morgan fingerprint density at radius 1 is 1.13 bits per heavy atom. The number of piperazine rings is 1. The van der Waals surface area contributed by atoms with Crippen molar-refractivity contribution < 1.29 is 14.6 Å². The van der Waals surface area contributed by atoms with E-state index in [-0.39, 0.29) is 36.6 Å². The SMILES string of the molecule is COc1cc(O)c([C@@H](C2CC2)N2CCNCC2)c(OC)c1.Cl.Cl. The van der Waals surface area contributed by atoms with Crippen molar-refractivity contribution >= 4 is 24.8 Å². The van der Waals surface area contributed by atoms with Gasteiger partial charge in [-0.05, 0) is 18.8 Å². The second kappa shape index (κ2) is 8.83. The second-order valence-electron chi connectivity index (χ2n) is 5.83. The molecule has 2 N–H and O–H groups in total. The number of hydrogen-bond acceptors (Lipinski definition) is 5. The van der Waals surface area contributed by atoms with Gasteiger partial charge in [0.15, 0.2) is 0 Å².